The van der Waals surface area contributed by atoms with Crippen molar-refractivity contribution in [1.29, 1.82) is 0 Å². The molecule has 0 aliphatic carbocycles. The van der Waals surface area contributed by atoms with E-state index in [0.29, 0.717) is 4.90 Å². The maximum Gasteiger partial charge on any atom is 0.331 e. The van der Waals surface area contributed by atoms with Gasteiger partial charge in [-0.05, 0) is 26.8 Å². The summed E-state index contributed by atoms with van der Waals surface area (Å²) < 4.78 is 53.3. The quantitative estimate of drug-likeness (QED) is 0.359. The van der Waals surface area contributed by atoms with E-state index in [1.807, 2.05) is 10.6 Å². The Labute approximate surface area is 144 Å². The number of amides is 5. The molecule has 2 N–H and O–H groups in total. The van der Waals surface area contributed by atoms with Crippen molar-refractivity contribution in [2.24, 2.45) is 0 Å². The van der Waals surface area contributed by atoms with Crippen molar-refractivity contribution in [2.45, 2.75) is 32.4 Å². The second-order valence-electron chi connectivity index (χ2n) is 5.96. The molecule has 1 aromatic rings. The number of nitrogens with zero attached hydrogens (tertiary/aromatic N) is 1. The third-order valence-electron chi connectivity index (χ3n) is 3.77. The summed E-state index contributed by atoms with van der Waals surface area (Å²) in [5, 5.41) is 3.69. The maximum atomic E-state index is 13.7. The molecule has 1 aromatic carbocycles. The van der Waals surface area contributed by atoms with Crippen molar-refractivity contribution in [3.05, 3.63) is 34.9 Å². The van der Waals surface area contributed by atoms with Crippen LogP contribution in [0.2, 0.25) is 0 Å². The van der Waals surface area contributed by atoms with Gasteiger partial charge in [-0.25, -0.2) is 22.4 Å². The Morgan fingerprint density at radius 1 is 1.12 bits per heavy atom. The molecule has 1 atom stereocenters. The molecule has 7 nitrogen and oxygen atoms in total. The van der Waals surface area contributed by atoms with Gasteiger partial charge in [0.05, 0.1) is 5.56 Å². The Balaban J connectivity index is 2.43. The number of nitrogens with one attached hydrogen (secondary N) is 2. The predicted octanol–water partition coefficient (Wildman–Crippen LogP) is 1.22. The fourth-order valence-electron chi connectivity index (χ4n) is 2.32. The van der Waals surface area contributed by atoms with E-state index in [-0.39, 0.29) is 6.07 Å². The lowest BCUT2D eigenvalue weighted by Gasteiger charge is -2.39. The van der Waals surface area contributed by atoms with Gasteiger partial charge in [0, 0.05) is 6.04 Å². The average molecular weight is 375 g/mol. The van der Waals surface area contributed by atoms with E-state index in [0.717, 1.165) is 6.92 Å². The van der Waals surface area contributed by atoms with Crippen LogP contribution < -0.4 is 10.6 Å². The van der Waals surface area contributed by atoms with Crippen molar-refractivity contribution < 1.29 is 36.7 Å². The molecule has 1 heterocycles. The van der Waals surface area contributed by atoms with Crippen molar-refractivity contribution in [3.63, 3.8) is 0 Å². The van der Waals surface area contributed by atoms with Crippen LogP contribution in [0.1, 0.15) is 31.1 Å². The number of halogens is 4. The van der Waals surface area contributed by atoms with Crippen LogP contribution in [-0.2, 0) is 9.59 Å². The Kier molecular flexibility index (Phi) is 4.75. The maximum absolute atomic E-state index is 13.7. The lowest BCUT2D eigenvalue weighted by atomic mass is 9.95. The van der Waals surface area contributed by atoms with Gasteiger partial charge >= 0.3 is 6.03 Å². The van der Waals surface area contributed by atoms with Crippen molar-refractivity contribution in [3.8, 4) is 0 Å². The number of carbonyl (C=O) groups excluding carboxylic acids is 4. The molecule has 1 aliphatic heterocycles. The van der Waals surface area contributed by atoms with E-state index in [1.54, 1.807) is 0 Å². The number of benzene rings is 1. The minimum absolute atomic E-state index is 0.0863. The molecular weight excluding hydrogens is 362 g/mol. The Morgan fingerprint density at radius 2 is 1.69 bits per heavy atom. The smallest absolute Gasteiger partial charge is 0.330 e. The van der Waals surface area contributed by atoms with E-state index in [9.17, 15) is 36.7 Å². The zero-order chi connectivity index (χ0) is 20.0. The number of hydrogen-bond acceptors (Lipinski definition) is 4. The van der Waals surface area contributed by atoms with Gasteiger partial charge in [0.25, 0.3) is 17.7 Å². The fraction of sp³-hybridized carbons (Fsp3) is 0.333. The van der Waals surface area contributed by atoms with Gasteiger partial charge in [0.2, 0.25) is 0 Å². The summed E-state index contributed by atoms with van der Waals surface area (Å²) in [5.74, 6) is -12.1. The zero-order valence-electron chi connectivity index (χ0n) is 13.7. The third kappa shape index (κ3) is 2.89. The first-order chi connectivity index (χ1) is 11.9. The molecule has 1 aliphatic rings. The lowest BCUT2D eigenvalue weighted by molar-refractivity contribution is -0.146. The first kappa shape index (κ1) is 19.3. The van der Waals surface area contributed by atoms with Crippen molar-refractivity contribution >= 4 is 23.8 Å². The molecule has 1 fully saturated rings. The molecule has 0 radical (unpaired) electrons. The average Bonchev–Trinajstić information content (AvgIpc) is 2.54. The Hall–Kier alpha value is -2.98. The van der Waals surface area contributed by atoms with Crippen LogP contribution in [-0.4, -0.2) is 40.2 Å². The van der Waals surface area contributed by atoms with Gasteiger partial charge in [-0.15, -0.1) is 0 Å². The molecule has 1 saturated heterocycles. The zero-order valence-corrected chi connectivity index (χ0v) is 13.7. The van der Waals surface area contributed by atoms with Gasteiger partial charge in [-0.1, -0.05) is 0 Å². The van der Waals surface area contributed by atoms with E-state index in [1.165, 1.54) is 13.8 Å². The number of imide groups is 2. The minimum atomic E-state index is -2.36. The first-order valence-electron chi connectivity index (χ1n) is 7.26. The fourth-order valence-corrected chi connectivity index (χ4v) is 2.32. The minimum Gasteiger partial charge on any atom is -0.330 e. The van der Waals surface area contributed by atoms with Crippen LogP contribution in [0.5, 0.6) is 0 Å². The number of barbiturate groups is 1. The molecule has 11 heteroatoms. The molecule has 0 saturated carbocycles. The summed E-state index contributed by atoms with van der Waals surface area (Å²) in [6.07, 6.45) is 0. The highest BCUT2D eigenvalue weighted by Crippen LogP contribution is 2.22. The second-order valence-corrected chi connectivity index (χ2v) is 5.96. The van der Waals surface area contributed by atoms with Crippen LogP contribution in [0.3, 0.4) is 0 Å². The van der Waals surface area contributed by atoms with Gasteiger partial charge < -0.3 is 5.32 Å². The van der Waals surface area contributed by atoms with Gasteiger partial charge in [0.1, 0.15) is 0 Å². The molecule has 0 spiro atoms. The van der Waals surface area contributed by atoms with Gasteiger partial charge in [-0.2, -0.15) is 0 Å². The summed E-state index contributed by atoms with van der Waals surface area (Å²) in [6, 6.07) is -1.63. The molecular formula is C15H13F4N3O4. The van der Waals surface area contributed by atoms with Gasteiger partial charge in [0.15, 0.2) is 28.8 Å². The van der Waals surface area contributed by atoms with E-state index < -0.39 is 64.2 Å². The molecule has 1 unspecified atom stereocenters. The predicted molar refractivity (Wildman–Crippen MR) is 77.7 cm³/mol. The standard InChI is InChI=1S/C15H13F4N3O4/c1-5(2)22-13(25)15(3,12(24)20-14(22)26)21-11(23)6-4-7(16)9(18)10(19)8(6)17/h4-5H,1-3H3,(H,21,23)(H,20,24,26). The van der Waals surface area contributed by atoms with Crippen molar-refractivity contribution in [1.82, 2.24) is 15.5 Å². The summed E-state index contributed by atoms with van der Waals surface area (Å²) in [6.45, 7) is 3.85. The molecule has 26 heavy (non-hydrogen) atoms. The monoisotopic (exact) mass is 375 g/mol. The summed E-state index contributed by atoms with van der Waals surface area (Å²) in [4.78, 5) is 49.1. The molecule has 140 valence electrons. The highest BCUT2D eigenvalue weighted by molar-refractivity contribution is 6.23. The van der Waals surface area contributed by atoms with Crippen molar-refractivity contribution in [2.75, 3.05) is 0 Å². The second kappa shape index (κ2) is 6.39. The Morgan fingerprint density at radius 3 is 2.23 bits per heavy atom. The highest BCUT2D eigenvalue weighted by atomic mass is 19.2. The Bertz CT molecular complexity index is 843. The number of hydrogen-bond donors (Lipinski definition) is 2. The van der Waals surface area contributed by atoms with Crippen LogP contribution in [0.25, 0.3) is 0 Å². The number of rotatable bonds is 3. The van der Waals surface area contributed by atoms with Crippen LogP contribution in [0.15, 0.2) is 6.07 Å². The molecule has 2 rings (SSSR count). The number of urea groups is 1. The SMILES string of the molecule is CC(C)N1C(=O)NC(=O)C(C)(NC(=O)c2cc(F)c(F)c(F)c2F)C1=O. The van der Waals surface area contributed by atoms with Gasteiger partial charge in [-0.3, -0.25) is 24.6 Å². The van der Waals surface area contributed by atoms with Crippen LogP contribution in [0, 0.1) is 23.3 Å². The van der Waals surface area contributed by atoms with Crippen LogP contribution >= 0.6 is 0 Å². The van der Waals surface area contributed by atoms with E-state index >= 15 is 0 Å². The molecule has 5 amide bonds. The largest absolute Gasteiger partial charge is 0.331 e. The van der Waals surface area contributed by atoms with E-state index in [2.05, 4.69) is 0 Å². The summed E-state index contributed by atoms with van der Waals surface area (Å²) in [7, 11) is 0. The first-order valence-corrected chi connectivity index (χ1v) is 7.26. The van der Waals surface area contributed by atoms with E-state index in [4.69, 9.17) is 0 Å². The number of carbonyl (C=O) groups is 4. The molecule has 0 aromatic heterocycles. The molecule has 0 bridgehead atoms. The summed E-state index contributed by atoms with van der Waals surface area (Å²) in [5.41, 5.74) is -3.61. The van der Waals surface area contributed by atoms with Crippen LogP contribution in [0.4, 0.5) is 22.4 Å². The normalized spacial score (nSPS) is 20.5. The lowest BCUT2D eigenvalue weighted by Crippen LogP contribution is -2.73. The summed E-state index contributed by atoms with van der Waals surface area (Å²) >= 11 is 0. The topological polar surface area (TPSA) is 95.6 Å². The highest BCUT2D eigenvalue weighted by Gasteiger charge is 2.52. The third-order valence-corrected chi connectivity index (χ3v) is 3.77.